The lowest BCUT2D eigenvalue weighted by Crippen LogP contribution is -1.95. The molecule has 1 aromatic rings. The normalized spacial score (nSPS) is 12.5. The average Bonchev–Trinajstić information content (AvgIpc) is 2.17. The van der Waals surface area contributed by atoms with E-state index in [4.69, 9.17) is 11.6 Å². The van der Waals surface area contributed by atoms with Crippen LogP contribution in [-0.2, 0) is 10.8 Å². The minimum Gasteiger partial charge on any atom is -0.249 e. The van der Waals surface area contributed by atoms with Crippen molar-refractivity contribution in [1.82, 2.24) is 0 Å². The molecule has 0 aromatic heterocycles. The molecule has 70 valence electrons. The molecule has 1 aromatic carbocycles. The van der Waals surface area contributed by atoms with Gasteiger partial charge in [-0.25, -0.2) is 4.21 Å². The molecular weight excluding hydrogens is 204 g/mol. The van der Waals surface area contributed by atoms with Crippen LogP contribution in [0.4, 0.5) is 0 Å². The van der Waals surface area contributed by atoms with E-state index in [-0.39, 0.29) is 5.88 Å². The van der Waals surface area contributed by atoms with E-state index in [0.29, 0.717) is 4.91 Å². The van der Waals surface area contributed by atoms with Gasteiger partial charge >= 0.3 is 0 Å². The van der Waals surface area contributed by atoms with E-state index in [1.807, 2.05) is 31.2 Å². The van der Waals surface area contributed by atoms with Gasteiger partial charge in [-0.2, -0.15) is 0 Å². The molecule has 0 saturated heterocycles. The fourth-order valence-electron chi connectivity index (χ4n) is 0.878. The van der Waals surface area contributed by atoms with Crippen molar-refractivity contribution in [3.05, 3.63) is 41.3 Å². The van der Waals surface area contributed by atoms with E-state index in [1.54, 1.807) is 0 Å². The van der Waals surface area contributed by atoms with Crippen LogP contribution in [0.5, 0.6) is 0 Å². The van der Waals surface area contributed by atoms with Crippen LogP contribution in [0.2, 0.25) is 0 Å². The molecule has 0 heterocycles. The van der Waals surface area contributed by atoms with E-state index < -0.39 is 10.8 Å². The van der Waals surface area contributed by atoms with Crippen molar-refractivity contribution in [2.75, 3.05) is 5.88 Å². The molecule has 1 rings (SSSR count). The van der Waals surface area contributed by atoms with Crippen LogP contribution in [0, 0.1) is 6.92 Å². The van der Waals surface area contributed by atoms with Gasteiger partial charge in [0.25, 0.3) is 0 Å². The number of aryl methyl sites for hydroxylation is 1. The van der Waals surface area contributed by atoms with Gasteiger partial charge in [0.15, 0.2) is 0 Å². The van der Waals surface area contributed by atoms with Gasteiger partial charge < -0.3 is 0 Å². The Morgan fingerprint density at radius 3 is 2.46 bits per heavy atom. The summed E-state index contributed by atoms with van der Waals surface area (Å²) in [7, 11) is -1.16. The Balaban J connectivity index is 2.90. The van der Waals surface area contributed by atoms with Crippen molar-refractivity contribution in [2.45, 2.75) is 11.8 Å². The van der Waals surface area contributed by atoms with Crippen molar-refractivity contribution >= 4 is 22.4 Å². The van der Waals surface area contributed by atoms with Gasteiger partial charge in [0.1, 0.15) is 0 Å². The van der Waals surface area contributed by atoms with Crippen LogP contribution in [0.1, 0.15) is 5.56 Å². The molecule has 0 amide bonds. The van der Waals surface area contributed by atoms with Gasteiger partial charge in [-0.15, -0.1) is 11.6 Å². The smallest absolute Gasteiger partial charge is 0.0814 e. The summed E-state index contributed by atoms with van der Waals surface area (Å²) in [4.78, 5) is 1.31. The maximum atomic E-state index is 11.6. The fourth-order valence-corrected chi connectivity index (χ4v) is 1.99. The van der Waals surface area contributed by atoms with Gasteiger partial charge in [-0.3, -0.25) is 0 Å². The predicted octanol–water partition coefficient (Wildman–Crippen LogP) is 2.86. The van der Waals surface area contributed by atoms with Crippen molar-refractivity contribution < 1.29 is 4.21 Å². The lowest BCUT2D eigenvalue weighted by Gasteiger charge is -2.02. The summed E-state index contributed by atoms with van der Waals surface area (Å²) in [6.45, 7) is 5.63. The zero-order valence-corrected chi connectivity index (χ0v) is 8.99. The Labute approximate surface area is 85.9 Å². The highest BCUT2D eigenvalue weighted by Gasteiger charge is 2.05. The number of hydrogen-bond donors (Lipinski definition) is 0. The molecule has 13 heavy (non-hydrogen) atoms. The van der Waals surface area contributed by atoms with Crippen LogP contribution >= 0.6 is 11.6 Å². The van der Waals surface area contributed by atoms with Crippen LogP contribution in [0.25, 0.3) is 0 Å². The summed E-state index contributed by atoms with van der Waals surface area (Å²) in [5.41, 5.74) is 1.15. The average molecular weight is 215 g/mol. The molecule has 0 aliphatic heterocycles. The SMILES string of the molecule is C=C(CCl)S(=O)c1ccc(C)cc1. The van der Waals surface area contributed by atoms with Crippen molar-refractivity contribution in [3.8, 4) is 0 Å². The second kappa shape index (κ2) is 4.58. The molecule has 0 bridgehead atoms. The third kappa shape index (κ3) is 2.68. The highest BCUT2D eigenvalue weighted by Crippen LogP contribution is 2.14. The summed E-state index contributed by atoms with van der Waals surface area (Å²) in [5, 5.41) is 0. The number of hydrogen-bond acceptors (Lipinski definition) is 1. The molecule has 0 aliphatic rings. The minimum atomic E-state index is -1.16. The molecule has 3 heteroatoms. The number of benzene rings is 1. The Kier molecular flexibility index (Phi) is 3.70. The highest BCUT2D eigenvalue weighted by atomic mass is 35.5. The third-order valence-corrected chi connectivity index (χ3v) is 3.50. The molecular formula is C10H11ClOS. The largest absolute Gasteiger partial charge is 0.249 e. The number of halogens is 1. The second-order valence-corrected chi connectivity index (χ2v) is 4.61. The first kappa shape index (κ1) is 10.5. The van der Waals surface area contributed by atoms with Crippen LogP contribution in [0.3, 0.4) is 0 Å². The van der Waals surface area contributed by atoms with E-state index in [2.05, 4.69) is 6.58 Å². The van der Waals surface area contributed by atoms with Gasteiger partial charge in [0.2, 0.25) is 0 Å². The quantitative estimate of drug-likeness (QED) is 0.708. The summed E-state index contributed by atoms with van der Waals surface area (Å²) < 4.78 is 11.6. The fraction of sp³-hybridized carbons (Fsp3) is 0.200. The maximum absolute atomic E-state index is 11.6. The van der Waals surface area contributed by atoms with Crippen molar-refractivity contribution in [3.63, 3.8) is 0 Å². The maximum Gasteiger partial charge on any atom is 0.0814 e. The molecule has 0 radical (unpaired) electrons. The molecule has 1 unspecified atom stereocenters. The van der Waals surface area contributed by atoms with Gasteiger partial charge in [-0.05, 0) is 19.1 Å². The summed E-state index contributed by atoms with van der Waals surface area (Å²) in [5.74, 6) is 0.237. The standard InChI is InChI=1S/C10H11ClOS/c1-8-3-5-10(6-4-8)13(12)9(2)7-11/h3-6H,2,7H2,1H3. The van der Waals surface area contributed by atoms with E-state index in [0.717, 1.165) is 10.5 Å². The molecule has 0 spiro atoms. The zero-order chi connectivity index (χ0) is 9.84. The topological polar surface area (TPSA) is 17.1 Å². The molecule has 1 nitrogen and oxygen atoms in total. The van der Waals surface area contributed by atoms with E-state index >= 15 is 0 Å². The number of allylic oxidation sites excluding steroid dienone is 1. The van der Waals surface area contributed by atoms with Gasteiger partial charge in [-0.1, -0.05) is 24.3 Å². The first-order chi connectivity index (χ1) is 6.15. The lowest BCUT2D eigenvalue weighted by atomic mass is 10.2. The predicted molar refractivity (Wildman–Crippen MR) is 57.4 cm³/mol. The second-order valence-electron chi connectivity index (χ2n) is 2.75. The van der Waals surface area contributed by atoms with E-state index in [1.165, 1.54) is 0 Å². The van der Waals surface area contributed by atoms with Crippen molar-refractivity contribution in [2.24, 2.45) is 0 Å². The van der Waals surface area contributed by atoms with Crippen LogP contribution in [0.15, 0.2) is 40.6 Å². The van der Waals surface area contributed by atoms with Crippen LogP contribution < -0.4 is 0 Å². The minimum absolute atomic E-state index is 0.237. The zero-order valence-electron chi connectivity index (χ0n) is 7.42. The Morgan fingerprint density at radius 2 is 2.00 bits per heavy atom. The first-order valence-corrected chi connectivity index (χ1v) is 5.56. The molecule has 0 N–H and O–H groups in total. The highest BCUT2D eigenvalue weighted by molar-refractivity contribution is 7.89. The number of alkyl halides is 1. The third-order valence-electron chi connectivity index (χ3n) is 1.65. The van der Waals surface area contributed by atoms with Crippen molar-refractivity contribution in [1.29, 1.82) is 0 Å². The Bertz CT molecular complexity index is 329. The number of rotatable bonds is 3. The first-order valence-electron chi connectivity index (χ1n) is 3.87. The molecule has 0 aliphatic carbocycles. The molecule has 0 saturated carbocycles. The Hall–Kier alpha value is -0.600. The lowest BCUT2D eigenvalue weighted by molar-refractivity contribution is 0.687. The molecule has 1 atom stereocenters. The summed E-state index contributed by atoms with van der Waals surface area (Å²) in [6.07, 6.45) is 0. The van der Waals surface area contributed by atoms with E-state index in [9.17, 15) is 4.21 Å². The monoisotopic (exact) mass is 214 g/mol. The summed E-state index contributed by atoms with van der Waals surface area (Å²) >= 11 is 5.54. The molecule has 0 fully saturated rings. The van der Waals surface area contributed by atoms with Gasteiger partial charge in [0.05, 0.1) is 16.7 Å². The van der Waals surface area contributed by atoms with Gasteiger partial charge in [0, 0.05) is 9.80 Å². The Morgan fingerprint density at radius 1 is 1.46 bits per heavy atom. The van der Waals surface area contributed by atoms with Crippen LogP contribution in [-0.4, -0.2) is 10.1 Å². The summed E-state index contributed by atoms with van der Waals surface area (Å²) in [6, 6.07) is 7.52.